The molecule has 25 heavy (non-hydrogen) atoms. The van der Waals surface area contributed by atoms with Gasteiger partial charge < -0.3 is 4.74 Å². The summed E-state index contributed by atoms with van der Waals surface area (Å²) in [7, 11) is -3.51. The number of anilines is 1. The van der Waals surface area contributed by atoms with E-state index in [9.17, 15) is 12.8 Å². The summed E-state index contributed by atoms with van der Waals surface area (Å²) in [5.74, 6) is 0.401. The molecule has 134 valence electrons. The van der Waals surface area contributed by atoms with E-state index in [-0.39, 0.29) is 16.8 Å². The second kappa shape index (κ2) is 7.47. The molecular weight excluding hydrogens is 345 g/mol. The van der Waals surface area contributed by atoms with Crippen LogP contribution in [0.3, 0.4) is 0 Å². The molecule has 1 aliphatic rings. The molecule has 1 aromatic carbocycles. The van der Waals surface area contributed by atoms with Crippen molar-refractivity contribution < 1.29 is 22.5 Å². The zero-order valence-electron chi connectivity index (χ0n) is 13.9. The number of benzene rings is 1. The maximum Gasteiger partial charge on any atom is 0.272 e. The summed E-state index contributed by atoms with van der Waals surface area (Å²) in [5, 5.41) is 3.23. The summed E-state index contributed by atoms with van der Waals surface area (Å²) >= 11 is 0. The molecule has 6 nitrogen and oxygen atoms in total. The van der Waals surface area contributed by atoms with E-state index in [0.29, 0.717) is 32.1 Å². The molecular formula is C17H21FN3O3S+. The zero-order chi connectivity index (χ0) is 17.9. The van der Waals surface area contributed by atoms with Gasteiger partial charge in [0.25, 0.3) is 5.82 Å². The van der Waals surface area contributed by atoms with Crippen LogP contribution in [0.15, 0.2) is 47.5 Å². The van der Waals surface area contributed by atoms with Gasteiger partial charge in [0.2, 0.25) is 10.0 Å². The lowest BCUT2D eigenvalue weighted by atomic mass is 10.1. The van der Waals surface area contributed by atoms with E-state index < -0.39 is 10.0 Å². The molecule has 0 unspecified atom stereocenters. The van der Waals surface area contributed by atoms with E-state index in [1.54, 1.807) is 24.3 Å². The van der Waals surface area contributed by atoms with E-state index >= 15 is 0 Å². The Morgan fingerprint density at radius 1 is 1.16 bits per heavy atom. The van der Waals surface area contributed by atoms with Crippen LogP contribution < -0.4 is 10.3 Å². The quantitative estimate of drug-likeness (QED) is 0.876. The van der Waals surface area contributed by atoms with Crippen LogP contribution in [0.4, 0.5) is 10.2 Å². The second-order valence-corrected chi connectivity index (χ2v) is 7.81. The Hall–Kier alpha value is -2.03. The smallest absolute Gasteiger partial charge is 0.272 e. The van der Waals surface area contributed by atoms with E-state index in [1.165, 1.54) is 22.6 Å². The third-order valence-electron chi connectivity index (χ3n) is 4.13. The number of sulfonamides is 1. The fourth-order valence-corrected chi connectivity index (χ4v) is 4.04. The number of nitrogens with zero attached hydrogens (tertiary/aromatic N) is 1. The van der Waals surface area contributed by atoms with Crippen molar-refractivity contribution in [3.63, 3.8) is 0 Å². The number of rotatable bonds is 5. The summed E-state index contributed by atoms with van der Waals surface area (Å²) in [5.41, 5.74) is 0.930. The first-order valence-electron chi connectivity index (χ1n) is 8.08. The molecule has 1 aliphatic heterocycles. The van der Waals surface area contributed by atoms with Gasteiger partial charge in [-0.05, 0) is 30.7 Å². The molecule has 0 amide bonds. The first-order chi connectivity index (χ1) is 12.0. The highest BCUT2D eigenvalue weighted by Crippen LogP contribution is 2.19. The van der Waals surface area contributed by atoms with Crippen LogP contribution in [-0.2, 0) is 14.8 Å². The Balaban J connectivity index is 1.70. The molecule has 2 heterocycles. The average Bonchev–Trinajstić information content (AvgIpc) is 2.63. The van der Waals surface area contributed by atoms with Crippen molar-refractivity contribution >= 4 is 15.8 Å². The number of hydrogen-bond donors (Lipinski definition) is 1. The summed E-state index contributed by atoms with van der Waals surface area (Å²) in [6.07, 6.45) is 1.48. The van der Waals surface area contributed by atoms with E-state index in [1.807, 2.05) is 6.92 Å². The van der Waals surface area contributed by atoms with Gasteiger partial charge in [0, 0.05) is 19.2 Å². The second-order valence-electron chi connectivity index (χ2n) is 5.87. The lowest BCUT2D eigenvalue weighted by Gasteiger charge is -2.25. The van der Waals surface area contributed by atoms with Crippen molar-refractivity contribution in [2.24, 2.45) is 0 Å². The van der Waals surface area contributed by atoms with Crippen molar-refractivity contribution in [3.8, 4) is 0 Å². The zero-order valence-corrected chi connectivity index (χ0v) is 14.7. The van der Waals surface area contributed by atoms with Gasteiger partial charge in [-0.1, -0.05) is 12.1 Å². The molecule has 0 aliphatic carbocycles. The van der Waals surface area contributed by atoms with E-state index in [4.69, 9.17) is 4.74 Å². The van der Waals surface area contributed by atoms with Crippen molar-refractivity contribution in [3.05, 3.63) is 54.0 Å². The van der Waals surface area contributed by atoms with E-state index in [0.717, 1.165) is 5.56 Å². The van der Waals surface area contributed by atoms with Crippen LogP contribution in [0, 0.1) is 5.82 Å². The van der Waals surface area contributed by atoms with Gasteiger partial charge in [0.1, 0.15) is 23.0 Å². The fraction of sp³-hybridized carbons (Fsp3) is 0.353. The predicted octanol–water partition coefficient (Wildman–Crippen LogP) is 1.83. The Morgan fingerprint density at radius 2 is 1.84 bits per heavy atom. The number of H-pyrrole nitrogens is 1. The monoisotopic (exact) mass is 366 g/mol. The molecule has 3 rings (SSSR count). The molecule has 0 spiro atoms. The van der Waals surface area contributed by atoms with Gasteiger partial charge in [0.05, 0.1) is 13.2 Å². The molecule has 8 heteroatoms. The lowest BCUT2D eigenvalue weighted by Crippen LogP contribution is -2.40. The number of hydrogen-bond acceptors (Lipinski definition) is 4. The topological polar surface area (TPSA) is 72.8 Å². The lowest BCUT2D eigenvalue weighted by molar-refractivity contribution is -0.364. The Labute approximate surface area is 146 Å². The first-order valence-corrected chi connectivity index (χ1v) is 9.52. The molecule has 0 radical (unpaired) electrons. The van der Waals surface area contributed by atoms with Crippen molar-refractivity contribution in [1.82, 2.24) is 4.31 Å². The number of nitrogens with one attached hydrogen (secondary N) is 2. The minimum absolute atomic E-state index is 0.0569. The fourth-order valence-electron chi connectivity index (χ4n) is 2.66. The molecule has 1 saturated heterocycles. The summed E-state index contributed by atoms with van der Waals surface area (Å²) in [6, 6.07) is 9.45. The molecule has 1 fully saturated rings. The van der Waals surface area contributed by atoms with E-state index in [2.05, 4.69) is 10.3 Å². The number of ether oxygens (including phenoxy) is 1. The van der Waals surface area contributed by atoms with Crippen LogP contribution in [0.2, 0.25) is 0 Å². The third-order valence-corrected chi connectivity index (χ3v) is 6.03. The summed E-state index contributed by atoms with van der Waals surface area (Å²) in [4.78, 5) is 3.19. The van der Waals surface area contributed by atoms with Crippen molar-refractivity contribution in [1.29, 1.82) is 0 Å². The number of aromatic amines is 1. The number of morpholine rings is 1. The van der Waals surface area contributed by atoms with Crippen molar-refractivity contribution in [2.75, 3.05) is 31.6 Å². The normalized spacial score (nSPS) is 17.2. The molecule has 1 atom stereocenters. The van der Waals surface area contributed by atoms with Crippen LogP contribution in [0.1, 0.15) is 18.5 Å². The minimum atomic E-state index is -3.51. The van der Waals surface area contributed by atoms with Gasteiger partial charge >= 0.3 is 0 Å². The average molecular weight is 366 g/mol. The molecule has 0 bridgehead atoms. The largest absolute Gasteiger partial charge is 0.379 e. The molecule has 0 saturated carbocycles. The number of aromatic nitrogens is 1. The standard InChI is InChI=1S/C17H20FN3O3S/c1-13(14-2-4-15(18)5-3-14)20-17-7-6-16(12-19-17)25(22,23)21-8-10-24-11-9-21/h2-7,12-13H,8-11H2,1H3,(H,19,20)/p+1/t13-/m0/s1. The predicted molar refractivity (Wildman–Crippen MR) is 91.0 cm³/mol. The van der Waals surface area contributed by atoms with Gasteiger partial charge in [0.15, 0.2) is 0 Å². The highest BCUT2D eigenvalue weighted by Gasteiger charge is 2.27. The Bertz CT molecular complexity index is 804. The van der Waals surface area contributed by atoms with Gasteiger partial charge in [-0.15, -0.1) is 0 Å². The summed E-state index contributed by atoms with van der Waals surface area (Å²) < 4.78 is 44.7. The summed E-state index contributed by atoms with van der Waals surface area (Å²) in [6.45, 7) is 3.50. The van der Waals surface area contributed by atoms with Crippen LogP contribution in [0.5, 0.6) is 0 Å². The highest BCUT2D eigenvalue weighted by molar-refractivity contribution is 7.89. The van der Waals surface area contributed by atoms with Crippen LogP contribution >= 0.6 is 0 Å². The van der Waals surface area contributed by atoms with Crippen LogP contribution in [-0.4, -0.2) is 39.0 Å². The molecule has 2 aromatic rings. The first kappa shape index (κ1) is 17.8. The maximum atomic E-state index is 13.0. The van der Waals surface area contributed by atoms with Gasteiger partial charge in [-0.2, -0.15) is 4.31 Å². The van der Waals surface area contributed by atoms with Gasteiger partial charge in [-0.25, -0.2) is 17.8 Å². The Kier molecular flexibility index (Phi) is 5.31. The Morgan fingerprint density at radius 3 is 2.44 bits per heavy atom. The minimum Gasteiger partial charge on any atom is -0.379 e. The van der Waals surface area contributed by atoms with Crippen molar-refractivity contribution in [2.45, 2.75) is 17.9 Å². The number of halogens is 1. The molecule has 1 aromatic heterocycles. The third kappa shape index (κ3) is 4.15. The molecule has 2 N–H and O–H groups in total. The van der Waals surface area contributed by atoms with Crippen LogP contribution in [0.25, 0.3) is 0 Å². The highest BCUT2D eigenvalue weighted by atomic mass is 32.2. The maximum absolute atomic E-state index is 13.0. The SMILES string of the molecule is C[C@H](Nc1ccc(S(=O)(=O)N2CCOCC2)c[nH+]1)c1ccc(F)cc1. The van der Waals surface area contributed by atoms with Gasteiger partial charge in [-0.3, -0.25) is 5.32 Å². The number of pyridine rings is 1.